The lowest BCUT2D eigenvalue weighted by atomic mass is 10.1. The van der Waals surface area contributed by atoms with Crippen LogP contribution in [0.5, 0.6) is 0 Å². The van der Waals surface area contributed by atoms with Crippen LogP contribution in [0, 0.1) is 0 Å². The van der Waals surface area contributed by atoms with Gasteiger partial charge in [-0.1, -0.05) is 0 Å². The molecule has 0 aromatic rings. The van der Waals surface area contributed by atoms with Gasteiger partial charge in [-0.15, -0.1) is 0 Å². The van der Waals surface area contributed by atoms with E-state index in [-0.39, 0.29) is 12.8 Å². The molecule has 0 spiro atoms. The fraction of sp³-hybridized carbons (Fsp3) is 0.556. The Kier molecular flexibility index (Phi) is 13.0. The SMILES string of the molecule is NC(=O)CCC(NC(=O)C(CC(N)=O)NC(=O)C(CCC(=O)O)NC(=O)C(N)CC(N)=O)C(=O)O. The molecular formula is C18H29N7O10. The standard InChI is InChI=1S/C18H29N7O10/c19-7(5-12(21)27)15(31)23-8(2-4-14(29)30)16(32)25-10(6-13(22)28)17(33)24-9(18(34)35)1-3-11(20)26/h7-10H,1-6,19H2,(H2,20,26)(H2,21,27)(H2,22,28)(H,23,31)(H,24,33)(H,25,32)(H,29,30)(H,34,35). The number of rotatable bonds is 17. The van der Waals surface area contributed by atoms with E-state index in [1.807, 2.05) is 5.32 Å². The molecule has 4 atom stereocenters. The summed E-state index contributed by atoms with van der Waals surface area (Å²) in [6.45, 7) is 0. The highest BCUT2D eigenvalue weighted by atomic mass is 16.4. The van der Waals surface area contributed by atoms with Gasteiger partial charge in [0.2, 0.25) is 35.4 Å². The minimum absolute atomic E-state index is 0.386. The van der Waals surface area contributed by atoms with E-state index in [0.717, 1.165) is 0 Å². The summed E-state index contributed by atoms with van der Waals surface area (Å²) in [5.74, 6) is -8.99. The molecule has 0 bridgehead atoms. The van der Waals surface area contributed by atoms with Crippen molar-refractivity contribution in [3.63, 3.8) is 0 Å². The Morgan fingerprint density at radius 1 is 0.600 bits per heavy atom. The zero-order valence-corrected chi connectivity index (χ0v) is 18.5. The number of carbonyl (C=O) groups excluding carboxylic acids is 6. The van der Waals surface area contributed by atoms with Crippen molar-refractivity contribution < 1.29 is 48.6 Å². The molecule has 17 nitrogen and oxygen atoms in total. The molecule has 0 aliphatic heterocycles. The second kappa shape index (κ2) is 14.8. The second-order valence-electron chi connectivity index (χ2n) is 7.41. The van der Waals surface area contributed by atoms with E-state index in [9.17, 15) is 43.5 Å². The number of carboxylic acids is 2. The first kappa shape index (κ1) is 30.7. The summed E-state index contributed by atoms with van der Waals surface area (Å²) < 4.78 is 0. The number of carboxylic acid groups (broad SMARTS) is 2. The Morgan fingerprint density at radius 2 is 1.06 bits per heavy atom. The van der Waals surface area contributed by atoms with Gasteiger partial charge in [0.05, 0.1) is 18.9 Å². The normalized spacial score (nSPS) is 13.9. The first-order chi connectivity index (χ1) is 16.1. The molecule has 35 heavy (non-hydrogen) atoms. The zero-order valence-electron chi connectivity index (χ0n) is 18.5. The molecule has 0 aliphatic rings. The molecule has 0 heterocycles. The molecule has 4 unspecified atom stereocenters. The minimum atomic E-state index is -1.72. The van der Waals surface area contributed by atoms with Crippen molar-refractivity contribution in [2.45, 2.75) is 62.7 Å². The number of primary amides is 3. The third kappa shape index (κ3) is 13.1. The van der Waals surface area contributed by atoms with Crippen LogP contribution in [0.15, 0.2) is 0 Å². The van der Waals surface area contributed by atoms with Gasteiger partial charge in [-0.3, -0.25) is 33.6 Å². The largest absolute Gasteiger partial charge is 0.481 e. The summed E-state index contributed by atoms with van der Waals surface area (Å²) in [5.41, 5.74) is 20.5. The summed E-state index contributed by atoms with van der Waals surface area (Å²) in [6, 6.07) is -6.36. The summed E-state index contributed by atoms with van der Waals surface area (Å²) in [5, 5.41) is 24.3. The van der Waals surface area contributed by atoms with Crippen LogP contribution in [0.2, 0.25) is 0 Å². The quantitative estimate of drug-likeness (QED) is 0.0902. The average Bonchev–Trinajstić information content (AvgIpc) is 2.71. The van der Waals surface area contributed by atoms with E-state index in [2.05, 4.69) is 10.6 Å². The maximum Gasteiger partial charge on any atom is 0.326 e. The lowest BCUT2D eigenvalue weighted by Gasteiger charge is -2.24. The molecule has 0 aliphatic carbocycles. The van der Waals surface area contributed by atoms with Crippen LogP contribution in [0.4, 0.5) is 0 Å². The van der Waals surface area contributed by atoms with Gasteiger partial charge < -0.3 is 49.1 Å². The minimum Gasteiger partial charge on any atom is -0.481 e. The zero-order chi connectivity index (χ0) is 27.3. The number of aliphatic carboxylic acids is 2. The summed E-state index contributed by atoms with van der Waals surface area (Å²) in [4.78, 5) is 92.9. The summed E-state index contributed by atoms with van der Waals surface area (Å²) >= 11 is 0. The van der Waals surface area contributed by atoms with Crippen LogP contribution >= 0.6 is 0 Å². The van der Waals surface area contributed by atoms with Gasteiger partial charge in [-0.05, 0) is 12.8 Å². The molecule has 0 rings (SSSR count). The van der Waals surface area contributed by atoms with Crippen LogP contribution in [0.3, 0.4) is 0 Å². The van der Waals surface area contributed by atoms with Gasteiger partial charge in [0.15, 0.2) is 0 Å². The monoisotopic (exact) mass is 503 g/mol. The number of nitrogens with two attached hydrogens (primary N) is 4. The molecule has 0 saturated heterocycles. The van der Waals surface area contributed by atoms with Crippen LogP contribution in [0.25, 0.3) is 0 Å². The van der Waals surface area contributed by atoms with Gasteiger partial charge in [-0.2, -0.15) is 0 Å². The number of nitrogens with one attached hydrogen (secondary N) is 3. The van der Waals surface area contributed by atoms with Crippen LogP contribution in [-0.4, -0.2) is 81.8 Å². The van der Waals surface area contributed by atoms with Crippen molar-refractivity contribution in [3.05, 3.63) is 0 Å². The van der Waals surface area contributed by atoms with Crippen molar-refractivity contribution in [2.75, 3.05) is 0 Å². The van der Waals surface area contributed by atoms with Gasteiger partial charge >= 0.3 is 11.9 Å². The van der Waals surface area contributed by atoms with Gasteiger partial charge in [0.1, 0.15) is 18.1 Å². The molecule has 196 valence electrons. The smallest absolute Gasteiger partial charge is 0.326 e. The van der Waals surface area contributed by atoms with Crippen molar-refractivity contribution >= 4 is 47.4 Å². The molecule has 6 amide bonds. The average molecular weight is 503 g/mol. The lowest BCUT2D eigenvalue weighted by molar-refractivity contribution is -0.142. The van der Waals surface area contributed by atoms with Crippen molar-refractivity contribution in [2.24, 2.45) is 22.9 Å². The Hall–Kier alpha value is -4.28. The predicted octanol–water partition coefficient (Wildman–Crippen LogP) is -5.27. The highest BCUT2D eigenvalue weighted by Gasteiger charge is 2.31. The van der Waals surface area contributed by atoms with E-state index >= 15 is 0 Å². The molecule has 13 N–H and O–H groups in total. The predicted molar refractivity (Wildman–Crippen MR) is 114 cm³/mol. The second-order valence-corrected chi connectivity index (χ2v) is 7.41. The third-order valence-electron chi connectivity index (χ3n) is 4.37. The fourth-order valence-corrected chi connectivity index (χ4v) is 2.62. The number of carbonyl (C=O) groups is 8. The summed E-state index contributed by atoms with van der Waals surface area (Å²) in [6.07, 6.45) is -3.22. The molecular weight excluding hydrogens is 474 g/mol. The van der Waals surface area contributed by atoms with Crippen molar-refractivity contribution in [1.29, 1.82) is 0 Å². The van der Waals surface area contributed by atoms with Crippen LogP contribution < -0.4 is 38.9 Å². The Balaban J connectivity index is 5.60. The van der Waals surface area contributed by atoms with Crippen molar-refractivity contribution in [1.82, 2.24) is 16.0 Å². The highest BCUT2D eigenvalue weighted by Crippen LogP contribution is 2.04. The summed E-state index contributed by atoms with van der Waals surface area (Å²) in [7, 11) is 0. The fourth-order valence-electron chi connectivity index (χ4n) is 2.62. The lowest BCUT2D eigenvalue weighted by Crippen LogP contribution is -2.58. The van der Waals surface area contributed by atoms with Crippen LogP contribution in [-0.2, 0) is 38.4 Å². The van der Waals surface area contributed by atoms with Crippen molar-refractivity contribution in [3.8, 4) is 0 Å². The molecule has 0 radical (unpaired) electrons. The molecule has 0 aromatic carbocycles. The highest BCUT2D eigenvalue weighted by molar-refractivity contribution is 5.96. The first-order valence-electron chi connectivity index (χ1n) is 10.1. The Morgan fingerprint density at radius 3 is 1.51 bits per heavy atom. The van der Waals surface area contributed by atoms with Crippen LogP contribution in [0.1, 0.15) is 38.5 Å². The number of hydrogen-bond acceptors (Lipinski definition) is 9. The molecule has 0 saturated carbocycles. The topological polar surface area (TPSA) is 317 Å². The number of hydrogen-bond donors (Lipinski definition) is 9. The molecule has 17 heteroatoms. The number of amides is 6. The van der Waals surface area contributed by atoms with E-state index in [0.29, 0.717) is 0 Å². The molecule has 0 fully saturated rings. The van der Waals surface area contributed by atoms with E-state index in [1.165, 1.54) is 0 Å². The third-order valence-corrected chi connectivity index (χ3v) is 4.37. The van der Waals surface area contributed by atoms with Gasteiger partial charge in [0.25, 0.3) is 0 Å². The van der Waals surface area contributed by atoms with E-state index in [1.54, 1.807) is 0 Å². The molecule has 0 aromatic heterocycles. The first-order valence-corrected chi connectivity index (χ1v) is 10.1. The Labute approximate surface area is 198 Å². The van der Waals surface area contributed by atoms with E-state index in [4.69, 9.17) is 28.0 Å². The van der Waals surface area contributed by atoms with Gasteiger partial charge in [-0.25, -0.2) is 4.79 Å². The van der Waals surface area contributed by atoms with Gasteiger partial charge in [0, 0.05) is 12.8 Å². The maximum atomic E-state index is 12.7. The maximum absolute atomic E-state index is 12.7. The Bertz CT molecular complexity index is 863. The van der Waals surface area contributed by atoms with E-state index < -0.39 is 97.2 Å².